The molecule has 4 rings (SSSR count). The number of nitrogens with zero attached hydrogens (tertiary/aromatic N) is 2. The highest BCUT2D eigenvalue weighted by molar-refractivity contribution is 6.74. The van der Waals surface area contributed by atoms with Crippen LogP contribution in [0.15, 0.2) is 24.4 Å². The highest BCUT2D eigenvalue weighted by Gasteiger charge is 2.45. The van der Waals surface area contributed by atoms with E-state index in [1.165, 1.54) is 6.07 Å². The first-order valence-corrected chi connectivity index (χ1v) is 17.5. The number of ether oxygens (including phenoxy) is 1. The van der Waals surface area contributed by atoms with Gasteiger partial charge >= 0.3 is 6.18 Å². The molecule has 0 aromatic carbocycles. The van der Waals surface area contributed by atoms with Gasteiger partial charge in [0.1, 0.15) is 6.10 Å². The molecule has 3 heterocycles. The molecular weight excluding hydrogens is 545 g/mol. The van der Waals surface area contributed by atoms with Crippen LogP contribution in [0.3, 0.4) is 0 Å². The Morgan fingerprint density at radius 2 is 1.83 bits per heavy atom. The molecule has 2 atom stereocenters. The first-order valence-electron chi connectivity index (χ1n) is 14.5. The fourth-order valence-corrected chi connectivity index (χ4v) is 6.89. The van der Waals surface area contributed by atoms with Crippen LogP contribution in [-0.2, 0) is 21.8 Å². The van der Waals surface area contributed by atoms with Gasteiger partial charge in [0.2, 0.25) is 0 Å². The second-order valence-electron chi connectivity index (χ2n) is 14.1. The average molecular weight is 591 g/mol. The van der Waals surface area contributed by atoms with Crippen molar-refractivity contribution in [2.45, 2.75) is 110 Å². The van der Waals surface area contributed by atoms with Crippen LogP contribution in [0.5, 0.6) is 0 Å². The van der Waals surface area contributed by atoms with Crippen LogP contribution in [-0.4, -0.2) is 36.6 Å². The quantitative estimate of drug-likeness (QED) is 0.342. The lowest BCUT2D eigenvalue weighted by Gasteiger charge is -2.45. The summed E-state index contributed by atoms with van der Waals surface area (Å²) in [5, 5.41) is 11.9. The Hall–Kier alpha value is -2.07. The summed E-state index contributed by atoms with van der Waals surface area (Å²) in [7, 11) is -2.22. The average Bonchev–Trinajstić information content (AvgIpc) is 2.85. The van der Waals surface area contributed by atoms with Crippen molar-refractivity contribution in [3.63, 3.8) is 0 Å². The molecule has 0 saturated heterocycles. The first-order chi connectivity index (χ1) is 18.8. The zero-order valence-electron chi connectivity index (χ0n) is 25.9. The summed E-state index contributed by atoms with van der Waals surface area (Å²) in [5.41, 5.74) is 4.58. The Kier molecular flexibility index (Phi) is 8.71. The van der Waals surface area contributed by atoms with Crippen LogP contribution < -0.4 is 0 Å². The van der Waals surface area contributed by atoms with E-state index in [0.717, 1.165) is 53.2 Å². The van der Waals surface area contributed by atoms with Gasteiger partial charge in [0.25, 0.3) is 0 Å². The van der Waals surface area contributed by atoms with E-state index in [9.17, 15) is 18.3 Å². The largest absolute Gasteiger partial charge is 0.417 e. The monoisotopic (exact) mass is 590 g/mol. The number of alkyl halides is 3. The van der Waals surface area contributed by atoms with Crippen molar-refractivity contribution in [2.75, 3.05) is 13.2 Å². The summed E-state index contributed by atoms with van der Waals surface area (Å²) in [6, 6.07) is 2.25. The molecule has 1 N–H and O–H groups in total. The molecular formula is C32H45F3N2O3Si. The third-order valence-corrected chi connectivity index (χ3v) is 13.3. The van der Waals surface area contributed by atoms with Gasteiger partial charge in [-0.1, -0.05) is 54.5 Å². The van der Waals surface area contributed by atoms with Crippen molar-refractivity contribution in [1.29, 1.82) is 0 Å². The highest BCUT2D eigenvalue weighted by Crippen LogP contribution is 2.51. The Balaban J connectivity index is 2.01. The van der Waals surface area contributed by atoms with Gasteiger partial charge in [-0.3, -0.25) is 9.97 Å². The minimum absolute atomic E-state index is 0.00927. The van der Waals surface area contributed by atoms with E-state index in [2.05, 4.69) is 58.8 Å². The number of rotatable bonds is 6. The fourth-order valence-electron chi connectivity index (χ4n) is 5.63. The van der Waals surface area contributed by atoms with Crippen LogP contribution >= 0.6 is 0 Å². The number of halogens is 3. The van der Waals surface area contributed by atoms with E-state index in [-0.39, 0.29) is 28.2 Å². The normalized spacial score (nSPS) is 20.5. The SMILES string of the molecule is CC(C)c1nc2c(c(C3=CCOCC3)c1[C@H](O)c1ccc(C(F)(F)F)cn1)C(O[Si](C)(C)C(C)(C)C)CC(C)(C)C2. The molecule has 1 unspecified atom stereocenters. The van der Waals surface area contributed by atoms with Crippen LogP contribution in [0.2, 0.25) is 18.1 Å². The van der Waals surface area contributed by atoms with Crippen LogP contribution in [0.25, 0.3) is 5.57 Å². The van der Waals surface area contributed by atoms with Crippen LogP contribution in [0.4, 0.5) is 13.2 Å². The molecule has 0 radical (unpaired) electrons. The predicted molar refractivity (Wildman–Crippen MR) is 158 cm³/mol. The van der Waals surface area contributed by atoms with Gasteiger partial charge in [-0.05, 0) is 72.0 Å². The second kappa shape index (κ2) is 11.2. The van der Waals surface area contributed by atoms with Crippen LogP contribution in [0.1, 0.15) is 119 Å². The van der Waals surface area contributed by atoms with E-state index in [1.54, 1.807) is 0 Å². The standard InChI is InChI=1S/C32H45F3N2O3Si/c1-19(2)28-27(29(38)22-11-10-21(18-36-22)32(33,34)35)25(20-12-14-39-15-13-20)26-23(37-28)16-31(6,7)17-24(26)40-41(8,9)30(3,4)5/h10-12,18-19,24,29,38H,13-17H2,1-9H3/t24?,29-/m1/s1. The molecule has 41 heavy (non-hydrogen) atoms. The van der Waals surface area contributed by atoms with Crippen molar-refractivity contribution in [2.24, 2.45) is 5.41 Å². The maximum atomic E-state index is 13.3. The van der Waals surface area contributed by atoms with Gasteiger partial charge in [0.05, 0.1) is 36.3 Å². The lowest BCUT2D eigenvalue weighted by molar-refractivity contribution is -0.137. The Labute approximate surface area is 243 Å². The van der Waals surface area contributed by atoms with Crippen molar-refractivity contribution >= 4 is 13.9 Å². The Morgan fingerprint density at radius 3 is 2.34 bits per heavy atom. The third kappa shape index (κ3) is 6.63. The van der Waals surface area contributed by atoms with Crippen molar-refractivity contribution < 1.29 is 27.4 Å². The Morgan fingerprint density at radius 1 is 1.15 bits per heavy atom. The molecule has 9 heteroatoms. The summed E-state index contributed by atoms with van der Waals surface area (Å²) in [4.78, 5) is 9.31. The molecule has 1 aliphatic carbocycles. The van der Waals surface area contributed by atoms with Crippen molar-refractivity contribution in [1.82, 2.24) is 9.97 Å². The van der Waals surface area contributed by atoms with Crippen molar-refractivity contribution in [3.05, 3.63) is 63.7 Å². The van der Waals surface area contributed by atoms with Gasteiger partial charge in [0.15, 0.2) is 8.32 Å². The van der Waals surface area contributed by atoms with Crippen LogP contribution in [0, 0.1) is 5.41 Å². The summed E-state index contributed by atoms with van der Waals surface area (Å²) < 4.78 is 52.7. The van der Waals surface area contributed by atoms with Gasteiger partial charge in [-0.25, -0.2) is 0 Å². The number of fused-ring (bicyclic) bond motifs is 1. The summed E-state index contributed by atoms with van der Waals surface area (Å²) in [6.45, 7) is 20.7. The summed E-state index contributed by atoms with van der Waals surface area (Å²) >= 11 is 0. The van der Waals surface area contributed by atoms with Crippen molar-refractivity contribution in [3.8, 4) is 0 Å². The zero-order chi connectivity index (χ0) is 30.5. The maximum absolute atomic E-state index is 13.3. The zero-order valence-corrected chi connectivity index (χ0v) is 26.9. The van der Waals surface area contributed by atoms with E-state index in [0.29, 0.717) is 25.2 Å². The third-order valence-electron chi connectivity index (χ3n) is 8.83. The molecule has 5 nitrogen and oxygen atoms in total. The fraction of sp³-hybridized carbons (Fsp3) is 0.625. The van der Waals surface area contributed by atoms with E-state index < -0.39 is 26.2 Å². The Bertz CT molecular complexity index is 1300. The lowest BCUT2D eigenvalue weighted by atomic mass is 9.71. The number of aromatic nitrogens is 2. The smallest absolute Gasteiger partial charge is 0.410 e. The summed E-state index contributed by atoms with van der Waals surface area (Å²) in [6.07, 6.45) is -0.911. The maximum Gasteiger partial charge on any atom is 0.417 e. The second-order valence-corrected chi connectivity index (χ2v) is 18.9. The molecule has 0 saturated carbocycles. The lowest BCUT2D eigenvalue weighted by Crippen LogP contribution is -2.44. The number of aliphatic hydroxyl groups is 1. The number of hydrogen-bond donors (Lipinski definition) is 1. The molecule has 0 amide bonds. The van der Waals surface area contributed by atoms with E-state index >= 15 is 0 Å². The predicted octanol–water partition coefficient (Wildman–Crippen LogP) is 8.54. The molecule has 0 fully saturated rings. The minimum atomic E-state index is -4.51. The molecule has 0 spiro atoms. The number of hydrogen-bond acceptors (Lipinski definition) is 5. The first kappa shape index (κ1) is 31.9. The van der Waals surface area contributed by atoms with Gasteiger partial charge in [0, 0.05) is 23.0 Å². The van der Waals surface area contributed by atoms with Gasteiger partial charge < -0.3 is 14.3 Å². The van der Waals surface area contributed by atoms with E-state index in [4.69, 9.17) is 14.1 Å². The molecule has 2 aliphatic rings. The van der Waals surface area contributed by atoms with Gasteiger partial charge in [-0.2, -0.15) is 13.2 Å². The molecule has 0 bridgehead atoms. The molecule has 2 aromatic heterocycles. The highest BCUT2D eigenvalue weighted by atomic mass is 28.4. The summed E-state index contributed by atoms with van der Waals surface area (Å²) in [5.74, 6) is -0.0385. The molecule has 1 aliphatic heterocycles. The minimum Gasteiger partial charge on any atom is -0.410 e. The number of pyridine rings is 2. The molecule has 226 valence electrons. The van der Waals surface area contributed by atoms with E-state index in [1.807, 2.05) is 13.8 Å². The number of aliphatic hydroxyl groups excluding tert-OH is 1. The molecule has 2 aromatic rings. The van der Waals surface area contributed by atoms with Gasteiger partial charge in [-0.15, -0.1) is 0 Å². The topological polar surface area (TPSA) is 64.5 Å².